The lowest BCUT2D eigenvalue weighted by molar-refractivity contribution is -0.140. The lowest BCUT2D eigenvalue weighted by atomic mass is 9.71. The van der Waals surface area contributed by atoms with Gasteiger partial charge in [-0.25, -0.2) is 0 Å². The summed E-state index contributed by atoms with van der Waals surface area (Å²) >= 11 is 0. The Morgan fingerprint density at radius 1 is 1.06 bits per heavy atom. The van der Waals surface area contributed by atoms with E-state index in [0.29, 0.717) is 17.4 Å². The molecule has 0 aromatic heterocycles. The molecule has 3 aliphatic rings. The van der Waals surface area contributed by atoms with Crippen molar-refractivity contribution in [3.8, 4) is 0 Å². The van der Waals surface area contributed by atoms with Gasteiger partial charge in [-0.05, 0) is 62.7 Å². The molecule has 0 amide bonds. The lowest BCUT2D eigenvalue weighted by Gasteiger charge is -2.38. The molecule has 0 aliphatic heterocycles. The SMILES string of the molecule is O=C(O)C(NC1CCC2(CCCC2)CC1)C1CC1. The van der Waals surface area contributed by atoms with E-state index in [9.17, 15) is 9.90 Å². The number of hydrogen-bond donors (Lipinski definition) is 2. The predicted molar refractivity (Wildman–Crippen MR) is 70.4 cm³/mol. The topological polar surface area (TPSA) is 49.3 Å². The zero-order valence-corrected chi connectivity index (χ0v) is 11.2. The molecule has 3 fully saturated rings. The Morgan fingerprint density at radius 2 is 1.67 bits per heavy atom. The van der Waals surface area contributed by atoms with Crippen LogP contribution in [0.15, 0.2) is 0 Å². The van der Waals surface area contributed by atoms with Crippen molar-refractivity contribution >= 4 is 5.97 Å². The van der Waals surface area contributed by atoms with Gasteiger partial charge in [0.1, 0.15) is 6.04 Å². The molecule has 3 nitrogen and oxygen atoms in total. The molecule has 0 aromatic rings. The minimum Gasteiger partial charge on any atom is -0.480 e. The Hall–Kier alpha value is -0.570. The van der Waals surface area contributed by atoms with Gasteiger partial charge in [-0.1, -0.05) is 12.8 Å². The average Bonchev–Trinajstić information content (AvgIpc) is 3.10. The maximum Gasteiger partial charge on any atom is 0.320 e. The minimum atomic E-state index is -0.640. The Kier molecular flexibility index (Phi) is 3.35. The second-order valence-corrected chi connectivity index (χ2v) is 6.80. The van der Waals surface area contributed by atoms with Crippen molar-refractivity contribution < 1.29 is 9.90 Å². The smallest absolute Gasteiger partial charge is 0.320 e. The zero-order chi connectivity index (χ0) is 12.6. The van der Waals surface area contributed by atoms with Crippen LogP contribution in [0, 0.1) is 11.3 Å². The van der Waals surface area contributed by atoms with Crippen molar-refractivity contribution in [1.29, 1.82) is 0 Å². The van der Waals surface area contributed by atoms with Gasteiger partial charge in [0.15, 0.2) is 0 Å². The Bertz CT molecular complexity index is 308. The van der Waals surface area contributed by atoms with Crippen LogP contribution in [-0.2, 0) is 4.79 Å². The molecule has 102 valence electrons. The standard InChI is InChI=1S/C15H25NO2/c17-14(18)13(11-3-4-11)16-12-5-9-15(10-6-12)7-1-2-8-15/h11-13,16H,1-10H2,(H,17,18). The summed E-state index contributed by atoms with van der Waals surface area (Å²) in [6, 6.07) is 0.186. The van der Waals surface area contributed by atoms with E-state index < -0.39 is 5.97 Å². The molecule has 3 rings (SSSR count). The highest BCUT2D eigenvalue weighted by atomic mass is 16.4. The maximum absolute atomic E-state index is 11.2. The van der Waals surface area contributed by atoms with Crippen LogP contribution in [0.3, 0.4) is 0 Å². The summed E-state index contributed by atoms with van der Waals surface area (Å²) in [6.45, 7) is 0. The summed E-state index contributed by atoms with van der Waals surface area (Å²) in [5.74, 6) is -0.233. The molecule has 1 unspecified atom stereocenters. The van der Waals surface area contributed by atoms with E-state index in [-0.39, 0.29) is 6.04 Å². The molecule has 0 radical (unpaired) electrons. The van der Waals surface area contributed by atoms with Gasteiger partial charge in [0.05, 0.1) is 0 Å². The molecule has 3 saturated carbocycles. The summed E-state index contributed by atoms with van der Waals surface area (Å²) < 4.78 is 0. The highest BCUT2D eigenvalue weighted by molar-refractivity contribution is 5.74. The summed E-state index contributed by atoms with van der Waals surface area (Å²) in [7, 11) is 0. The van der Waals surface area contributed by atoms with Crippen LogP contribution in [0.4, 0.5) is 0 Å². The summed E-state index contributed by atoms with van der Waals surface area (Å²) in [4.78, 5) is 11.2. The Labute approximate surface area is 109 Å². The summed E-state index contributed by atoms with van der Waals surface area (Å²) in [5, 5.41) is 12.7. The highest BCUT2D eigenvalue weighted by Crippen LogP contribution is 2.49. The van der Waals surface area contributed by atoms with E-state index in [0.717, 1.165) is 12.8 Å². The molecule has 1 atom stereocenters. The fourth-order valence-corrected chi connectivity index (χ4v) is 4.11. The number of nitrogens with one attached hydrogen (secondary N) is 1. The molecule has 1 spiro atoms. The van der Waals surface area contributed by atoms with Crippen LogP contribution in [0.2, 0.25) is 0 Å². The first-order chi connectivity index (χ1) is 8.69. The summed E-state index contributed by atoms with van der Waals surface area (Å²) in [5.41, 5.74) is 0.649. The predicted octanol–water partition coefficient (Wildman–Crippen LogP) is 2.94. The quantitative estimate of drug-likeness (QED) is 0.807. The third kappa shape index (κ3) is 2.56. The molecular weight excluding hydrogens is 226 g/mol. The molecular formula is C15H25NO2. The van der Waals surface area contributed by atoms with E-state index in [1.54, 1.807) is 0 Å². The molecule has 18 heavy (non-hydrogen) atoms. The van der Waals surface area contributed by atoms with E-state index in [4.69, 9.17) is 0 Å². The van der Waals surface area contributed by atoms with Gasteiger partial charge < -0.3 is 10.4 Å². The molecule has 0 aromatic carbocycles. The van der Waals surface area contributed by atoms with Gasteiger partial charge in [-0.3, -0.25) is 4.79 Å². The van der Waals surface area contributed by atoms with E-state index in [1.807, 2.05) is 0 Å². The van der Waals surface area contributed by atoms with Crippen LogP contribution < -0.4 is 5.32 Å². The first-order valence-corrected chi connectivity index (χ1v) is 7.67. The fourth-order valence-electron chi connectivity index (χ4n) is 4.11. The molecule has 0 bridgehead atoms. The fraction of sp³-hybridized carbons (Fsp3) is 0.933. The van der Waals surface area contributed by atoms with Gasteiger partial charge in [0.25, 0.3) is 0 Å². The van der Waals surface area contributed by atoms with Crippen molar-refractivity contribution in [3.63, 3.8) is 0 Å². The van der Waals surface area contributed by atoms with Crippen LogP contribution in [-0.4, -0.2) is 23.2 Å². The Balaban J connectivity index is 1.51. The number of aliphatic carboxylic acids is 1. The lowest BCUT2D eigenvalue weighted by Crippen LogP contribution is -2.47. The van der Waals surface area contributed by atoms with Crippen molar-refractivity contribution in [2.24, 2.45) is 11.3 Å². The maximum atomic E-state index is 11.2. The van der Waals surface area contributed by atoms with Crippen LogP contribution in [0.1, 0.15) is 64.2 Å². The number of carbonyl (C=O) groups is 1. The van der Waals surface area contributed by atoms with E-state index in [1.165, 1.54) is 51.4 Å². The van der Waals surface area contributed by atoms with Crippen molar-refractivity contribution in [2.75, 3.05) is 0 Å². The Morgan fingerprint density at radius 3 is 2.17 bits per heavy atom. The second-order valence-electron chi connectivity index (χ2n) is 6.80. The van der Waals surface area contributed by atoms with Crippen molar-refractivity contribution in [2.45, 2.75) is 76.3 Å². The molecule has 0 heterocycles. The first-order valence-electron chi connectivity index (χ1n) is 7.67. The second kappa shape index (κ2) is 4.84. The largest absolute Gasteiger partial charge is 0.480 e. The number of hydrogen-bond acceptors (Lipinski definition) is 2. The van der Waals surface area contributed by atoms with Crippen LogP contribution in [0.25, 0.3) is 0 Å². The third-order valence-corrected chi connectivity index (χ3v) is 5.49. The van der Waals surface area contributed by atoms with Gasteiger partial charge in [-0.2, -0.15) is 0 Å². The average molecular weight is 251 g/mol. The molecule has 3 aliphatic carbocycles. The monoisotopic (exact) mass is 251 g/mol. The number of carboxylic acids is 1. The minimum absolute atomic E-state index is 0.271. The van der Waals surface area contributed by atoms with Gasteiger partial charge in [0.2, 0.25) is 0 Å². The number of carboxylic acid groups (broad SMARTS) is 1. The van der Waals surface area contributed by atoms with Crippen molar-refractivity contribution in [3.05, 3.63) is 0 Å². The van der Waals surface area contributed by atoms with Gasteiger partial charge >= 0.3 is 5.97 Å². The molecule has 3 heteroatoms. The van der Waals surface area contributed by atoms with Crippen LogP contribution >= 0.6 is 0 Å². The van der Waals surface area contributed by atoms with Gasteiger partial charge in [-0.15, -0.1) is 0 Å². The zero-order valence-electron chi connectivity index (χ0n) is 11.2. The van der Waals surface area contributed by atoms with E-state index in [2.05, 4.69) is 5.32 Å². The molecule has 0 saturated heterocycles. The number of rotatable bonds is 4. The third-order valence-electron chi connectivity index (χ3n) is 5.49. The highest BCUT2D eigenvalue weighted by Gasteiger charge is 2.41. The summed E-state index contributed by atoms with van der Waals surface area (Å²) in [6.07, 6.45) is 12.9. The van der Waals surface area contributed by atoms with Crippen molar-refractivity contribution in [1.82, 2.24) is 5.32 Å². The normalized spacial score (nSPS) is 29.6. The molecule has 2 N–H and O–H groups in total. The van der Waals surface area contributed by atoms with E-state index >= 15 is 0 Å². The van der Waals surface area contributed by atoms with Crippen LogP contribution in [0.5, 0.6) is 0 Å². The van der Waals surface area contributed by atoms with Gasteiger partial charge in [0, 0.05) is 6.04 Å². The first kappa shape index (κ1) is 12.5.